The van der Waals surface area contributed by atoms with Gasteiger partial charge in [-0.1, -0.05) is 18.2 Å². The zero-order chi connectivity index (χ0) is 17.1. The number of aromatic amines is 1. The van der Waals surface area contributed by atoms with E-state index in [2.05, 4.69) is 15.5 Å². The van der Waals surface area contributed by atoms with Gasteiger partial charge >= 0.3 is 5.97 Å². The van der Waals surface area contributed by atoms with Gasteiger partial charge < -0.3 is 15.2 Å². The van der Waals surface area contributed by atoms with E-state index in [9.17, 15) is 9.59 Å². The van der Waals surface area contributed by atoms with Crippen molar-refractivity contribution < 1.29 is 19.4 Å². The molecule has 0 saturated heterocycles. The van der Waals surface area contributed by atoms with Gasteiger partial charge in [0, 0.05) is 23.1 Å². The fourth-order valence-corrected chi connectivity index (χ4v) is 2.44. The van der Waals surface area contributed by atoms with Gasteiger partial charge in [0.05, 0.1) is 12.6 Å². The second-order valence-electron chi connectivity index (χ2n) is 5.13. The van der Waals surface area contributed by atoms with Crippen LogP contribution in [-0.2, 0) is 6.54 Å². The molecule has 0 aliphatic carbocycles. The largest absolute Gasteiger partial charge is 0.496 e. The maximum atomic E-state index is 12.3. The molecule has 0 bridgehead atoms. The average Bonchev–Trinajstić information content (AvgIpc) is 3.03. The molecule has 1 aromatic heterocycles. The highest BCUT2D eigenvalue weighted by atomic mass is 16.5. The van der Waals surface area contributed by atoms with Gasteiger partial charge in [0.2, 0.25) is 0 Å². The molecular weight excluding hydrogens is 310 g/mol. The van der Waals surface area contributed by atoms with Crippen molar-refractivity contribution in [2.75, 3.05) is 7.11 Å². The van der Waals surface area contributed by atoms with Gasteiger partial charge in [-0.15, -0.1) is 0 Å². The molecule has 1 amide bonds. The van der Waals surface area contributed by atoms with E-state index < -0.39 is 5.97 Å². The number of methoxy groups -OCH3 is 1. The second-order valence-corrected chi connectivity index (χ2v) is 5.13. The number of nitrogens with zero attached hydrogens (tertiary/aromatic N) is 1. The number of para-hydroxylation sites is 1. The Balaban J connectivity index is 1.81. The standard InChI is InChI=1S/C17H15N3O4/c1-24-14-5-3-2-4-11(14)9-18-16(21)10-6-7-13-12(8-10)15(17(22)23)20-19-13/h2-8H,9H2,1H3,(H,18,21)(H,19,20)(H,22,23). The van der Waals surface area contributed by atoms with Crippen LogP contribution in [0.5, 0.6) is 5.75 Å². The molecule has 0 aliphatic rings. The minimum absolute atomic E-state index is 0.107. The Morgan fingerprint density at radius 1 is 1.25 bits per heavy atom. The van der Waals surface area contributed by atoms with Crippen LogP contribution in [0.3, 0.4) is 0 Å². The Hall–Kier alpha value is -3.35. The van der Waals surface area contributed by atoms with Crippen LogP contribution in [0.15, 0.2) is 42.5 Å². The lowest BCUT2D eigenvalue weighted by molar-refractivity contribution is 0.0692. The van der Waals surface area contributed by atoms with E-state index in [0.717, 1.165) is 5.56 Å². The van der Waals surface area contributed by atoms with E-state index in [1.807, 2.05) is 24.3 Å². The first-order chi connectivity index (χ1) is 11.6. The van der Waals surface area contributed by atoms with Gasteiger partial charge in [0.25, 0.3) is 5.91 Å². The number of benzene rings is 2. The van der Waals surface area contributed by atoms with Gasteiger partial charge in [-0.05, 0) is 24.3 Å². The van der Waals surface area contributed by atoms with E-state index in [4.69, 9.17) is 9.84 Å². The van der Waals surface area contributed by atoms with Crippen molar-refractivity contribution in [3.05, 3.63) is 59.3 Å². The first-order valence-electron chi connectivity index (χ1n) is 7.21. The molecule has 0 spiro atoms. The van der Waals surface area contributed by atoms with Crippen molar-refractivity contribution in [2.24, 2.45) is 0 Å². The molecular formula is C17H15N3O4. The summed E-state index contributed by atoms with van der Waals surface area (Å²) in [6, 6.07) is 12.2. The number of fused-ring (bicyclic) bond motifs is 1. The summed E-state index contributed by atoms with van der Waals surface area (Å²) in [5, 5.41) is 18.7. The van der Waals surface area contributed by atoms with Crippen LogP contribution in [0.2, 0.25) is 0 Å². The van der Waals surface area contributed by atoms with Gasteiger partial charge in [0.1, 0.15) is 5.75 Å². The first kappa shape index (κ1) is 15.5. The van der Waals surface area contributed by atoms with E-state index in [0.29, 0.717) is 28.8 Å². The van der Waals surface area contributed by atoms with Crippen LogP contribution in [0.4, 0.5) is 0 Å². The lowest BCUT2D eigenvalue weighted by Crippen LogP contribution is -2.23. The van der Waals surface area contributed by atoms with E-state index in [1.54, 1.807) is 19.2 Å². The topological polar surface area (TPSA) is 104 Å². The van der Waals surface area contributed by atoms with Crippen LogP contribution in [0.1, 0.15) is 26.4 Å². The summed E-state index contributed by atoms with van der Waals surface area (Å²) in [6.07, 6.45) is 0. The molecule has 0 atom stereocenters. The van der Waals surface area contributed by atoms with Crippen molar-refractivity contribution in [1.29, 1.82) is 0 Å². The normalized spacial score (nSPS) is 10.5. The van der Waals surface area contributed by atoms with Crippen molar-refractivity contribution in [2.45, 2.75) is 6.54 Å². The van der Waals surface area contributed by atoms with E-state index in [-0.39, 0.29) is 11.6 Å². The maximum absolute atomic E-state index is 12.3. The Morgan fingerprint density at radius 2 is 2.04 bits per heavy atom. The van der Waals surface area contributed by atoms with Crippen molar-refractivity contribution >= 4 is 22.8 Å². The quantitative estimate of drug-likeness (QED) is 0.667. The molecule has 0 fully saturated rings. The summed E-state index contributed by atoms with van der Waals surface area (Å²) in [5.41, 5.74) is 1.67. The summed E-state index contributed by atoms with van der Waals surface area (Å²) in [7, 11) is 1.57. The lowest BCUT2D eigenvalue weighted by Gasteiger charge is -2.09. The maximum Gasteiger partial charge on any atom is 0.357 e. The number of rotatable bonds is 5. The number of amides is 1. The number of carboxylic acid groups (broad SMARTS) is 1. The third-order valence-electron chi connectivity index (χ3n) is 3.66. The van der Waals surface area contributed by atoms with Crippen molar-refractivity contribution in [3.8, 4) is 5.75 Å². The number of hydrogen-bond acceptors (Lipinski definition) is 4. The zero-order valence-corrected chi connectivity index (χ0v) is 12.9. The van der Waals surface area contributed by atoms with Gasteiger partial charge in [0.15, 0.2) is 5.69 Å². The van der Waals surface area contributed by atoms with Gasteiger partial charge in [-0.3, -0.25) is 9.89 Å². The molecule has 0 aliphatic heterocycles. The fraction of sp³-hybridized carbons (Fsp3) is 0.118. The summed E-state index contributed by atoms with van der Waals surface area (Å²) < 4.78 is 5.24. The van der Waals surface area contributed by atoms with Gasteiger partial charge in [-0.25, -0.2) is 4.79 Å². The summed E-state index contributed by atoms with van der Waals surface area (Å²) >= 11 is 0. The molecule has 3 aromatic rings. The molecule has 122 valence electrons. The number of carboxylic acids is 1. The molecule has 24 heavy (non-hydrogen) atoms. The molecule has 7 heteroatoms. The second kappa shape index (κ2) is 6.41. The monoisotopic (exact) mass is 325 g/mol. The van der Waals surface area contributed by atoms with Crippen LogP contribution in [0, 0.1) is 0 Å². The van der Waals surface area contributed by atoms with Crippen molar-refractivity contribution in [3.63, 3.8) is 0 Å². The molecule has 7 nitrogen and oxygen atoms in total. The number of aromatic nitrogens is 2. The lowest BCUT2D eigenvalue weighted by atomic mass is 10.1. The minimum Gasteiger partial charge on any atom is -0.496 e. The molecule has 0 unspecified atom stereocenters. The Morgan fingerprint density at radius 3 is 2.79 bits per heavy atom. The number of H-pyrrole nitrogens is 1. The van der Waals surface area contributed by atoms with Crippen molar-refractivity contribution in [1.82, 2.24) is 15.5 Å². The molecule has 0 saturated carbocycles. The van der Waals surface area contributed by atoms with Gasteiger partial charge in [-0.2, -0.15) is 5.10 Å². The third-order valence-corrected chi connectivity index (χ3v) is 3.66. The smallest absolute Gasteiger partial charge is 0.357 e. The highest BCUT2D eigenvalue weighted by molar-refractivity contribution is 6.04. The number of carbonyl (C=O) groups excluding carboxylic acids is 1. The van der Waals surface area contributed by atoms with Crippen LogP contribution >= 0.6 is 0 Å². The summed E-state index contributed by atoms with van der Waals surface area (Å²) in [5.74, 6) is -0.760. The Bertz CT molecular complexity index is 917. The molecule has 2 aromatic carbocycles. The summed E-state index contributed by atoms with van der Waals surface area (Å²) in [6.45, 7) is 0.304. The average molecular weight is 325 g/mol. The minimum atomic E-state index is -1.15. The highest BCUT2D eigenvalue weighted by Gasteiger charge is 2.15. The van der Waals surface area contributed by atoms with Crippen LogP contribution in [-0.4, -0.2) is 34.3 Å². The fourth-order valence-electron chi connectivity index (χ4n) is 2.44. The SMILES string of the molecule is COc1ccccc1CNC(=O)c1ccc2[nH]nc(C(=O)O)c2c1. The number of hydrogen-bond donors (Lipinski definition) is 3. The van der Waals surface area contributed by atoms with E-state index >= 15 is 0 Å². The highest BCUT2D eigenvalue weighted by Crippen LogP contribution is 2.19. The zero-order valence-electron chi connectivity index (χ0n) is 12.9. The Labute approximate surface area is 137 Å². The molecule has 0 radical (unpaired) electrons. The number of aromatic carboxylic acids is 1. The molecule has 3 N–H and O–H groups in total. The predicted octanol–water partition coefficient (Wildman–Crippen LogP) is 2.20. The number of carbonyl (C=O) groups is 2. The Kier molecular flexibility index (Phi) is 4.15. The number of nitrogens with one attached hydrogen (secondary N) is 2. The third kappa shape index (κ3) is 2.91. The van der Waals surface area contributed by atoms with E-state index in [1.165, 1.54) is 6.07 Å². The first-order valence-corrected chi connectivity index (χ1v) is 7.21. The van der Waals surface area contributed by atoms with Crippen LogP contribution < -0.4 is 10.1 Å². The number of ether oxygens (including phenoxy) is 1. The van der Waals surface area contributed by atoms with Crippen LogP contribution in [0.25, 0.3) is 10.9 Å². The predicted molar refractivity (Wildman–Crippen MR) is 87.2 cm³/mol. The summed E-state index contributed by atoms with van der Waals surface area (Å²) in [4.78, 5) is 23.5. The molecule has 1 heterocycles. The molecule has 3 rings (SSSR count).